The number of benzene rings is 1. The highest BCUT2D eigenvalue weighted by atomic mass is 19.1. The van der Waals surface area contributed by atoms with Crippen LogP contribution in [0.25, 0.3) is 0 Å². The van der Waals surface area contributed by atoms with Gasteiger partial charge in [-0.25, -0.2) is 4.39 Å². The second-order valence-electron chi connectivity index (χ2n) is 4.80. The Morgan fingerprint density at radius 3 is 2.50 bits per heavy atom. The minimum atomic E-state index is -1.55. The van der Waals surface area contributed by atoms with E-state index in [1.165, 1.54) is 18.2 Å². The number of hydrogen-bond donors (Lipinski definition) is 2. The highest BCUT2D eigenvalue weighted by molar-refractivity contribution is 6.59. The standard InChI is InChI=1S/C12H18BFN2O2/c1-15-4-6-16(7-5-15)9-10-8-11(14)2-3-12(10)13(17)18/h2-3,8,17-18H,4-7,9H2,1H3. The number of piperazine rings is 1. The van der Waals surface area contributed by atoms with E-state index in [0.29, 0.717) is 17.6 Å². The van der Waals surface area contributed by atoms with Gasteiger partial charge in [0.15, 0.2) is 0 Å². The van der Waals surface area contributed by atoms with Gasteiger partial charge in [0.2, 0.25) is 0 Å². The van der Waals surface area contributed by atoms with Gasteiger partial charge in [0.1, 0.15) is 5.82 Å². The largest absolute Gasteiger partial charge is 0.488 e. The Hall–Kier alpha value is -0.945. The van der Waals surface area contributed by atoms with Crippen molar-refractivity contribution in [2.45, 2.75) is 6.54 Å². The molecule has 1 aromatic rings. The first-order valence-corrected chi connectivity index (χ1v) is 6.11. The molecule has 0 aromatic heterocycles. The fourth-order valence-corrected chi connectivity index (χ4v) is 2.21. The van der Waals surface area contributed by atoms with Crippen LogP contribution >= 0.6 is 0 Å². The molecule has 18 heavy (non-hydrogen) atoms. The Morgan fingerprint density at radius 2 is 1.89 bits per heavy atom. The van der Waals surface area contributed by atoms with Gasteiger partial charge in [-0.15, -0.1) is 0 Å². The first kappa shape index (κ1) is 13.5. The van der Waals surface area contributed by atoms with Crippen molar-refractivity contribution in [1.29, 1.82) is 0 Å². The van der Waals surface area contributed by atoms with Crippen molar-refractivity contribution in [3.63, 3.8) is 0 Å². The van der Waals surface area contributed by atoms with E-state index < -0.39 is 7.12 Å². The molecule has 1 fully saturated rings. The third-order valence-electron chi connectivity index (χ3n) is 3.37. The summed E-state index contributed by atoms with van der Waals surface area (Å²) in [6, 6.07) is 4.07. The maximum absolute atomic E-state index is 13.2. The molecule has 0 aliphatic carbocycles. The first-order chi connectivity index (χ1) is 8.56. The van der Waals surface area contributed by atoms with E-state index in [-0.39, 0.29) is 5.82 Å². The first-order valence-electron chi connectivity index (χ1n) is 6.11. The molecular formula is C12H18BFN2O2. The minimum Gasteiger partial charge on any atom is -0.423 e. The molecule has 6 heteroatoms. The van der Waals surface area contributed by atoms with Gasteiger partial charge in [-0.2, -0.15) is 0 Å². The predicted octanol–water partition coefficient (Wildman–Crippen LogP) is -0.747. The second kappa shape index (κ2) is 5.80. The highest BCUT2D eigenvalue weighted by Crippen LogP contribution is 2.08. The molecule has 4 nitrogen and oxygen atoms in total. The van der Waals surface area contributed by atoms with Gasteiger partial charge in [-0.3, -0.25) is 4.90 Å². The average Bonchev–Trinajstić information content (AvgIpc) is 2.32. The molecule has 0 amide bonds. The van der Waals surface area contributed by atoms with Gasteiger partial charge >= 0.3 is 7.12 Å². The van der Waals surface area contributed by atoms with Crippen LogP contribution in [-0.2, 0) is 6.54 Å². The molecule has 98 valence electrons. The molecule has 2 N–H and O–H groups in total. The van der Waals surface area contributed by atoms with Crippen LogP contribution in [0.15, 0.2) is 18.2 Å². The maximum atomic E-state index is 13.2. The molecular weight excluding hydrogens is 234 g/mol. The zero-order chi connectivity index (χ0) is 13.1. The summed E-state index contributed by atoms with van der Waals surface area (Å²) < 4.78 is 13.2. The molecule has 0 atom stereocenters. The monoisotopic (exact) mass is 252 g/mol. The Bertz CT molecular complexity index is 409. The van der Waals surface area contributed by atoms with Crippen LogP contribution in [-0.4, -0.2) is 60.2 Å². The third-order valence-corrected chi connectivity index (χ3v) is 3.37. The van der Waals surface area contributed by atoms with E-state index in [9.17, 15) is 14.4 Å². The van der Waals surface area contributed by atoms with Gasteiger partial charge in [0.25, 0.3) is 0 Å². The summed E-state index contributed by atoms with van der Waals surface area (Å²) in [6.45, 7) is 4.33. The number of rotatable bonds is 3. The SMILES string of the molecule is CN1CCN(Cc2cc(F)ccc2B(O)O)CC1. The maximum Gasteiger partial charge on any atom is 0.488 e. The Morgan fingerprint density at radius 1 is 1.22 bits per heavy atom. The minimum absolute atomic E-state index is 0.344. The van der Waals surface area contributed by atoms with Gasteiger partial charge in [0.05, 0.1) is 0 Å². The van der Waals surface area contributed by atoms with Gasteiger partial charge in [0, 0.05) is 32.7 Å². The molecule has 2 rings (SSSR count). The molecule has 0 unspecified atom stereocenters. The average molecular weight is 252 g/mol. The summed E-state index contributed by atoms with van der Waals surface area (Å²) in [4.78, 5) is 4.44. The molecule has 0 spiro atoms. The van der Waals surface area contributed by atoms with Crippen LogP contribution in [0.2, 0.25) is 0 Å². The molecule has 0 bridgehead atoms. The molecule has 0 radical (unpaired) electrons. The summed E-state index contributed by atoms with van der Waals surface area (Å²) in [6.07, 6.45) is 0. The summed E-state index contributed by atoms with van der Waals surface area (Å²) >= 11 is 0. The number of likely N-dealkylation sites (N-methyl/N-ethyl adjacent to an activating group) is 1. The summed E-state index contributed by atoms with van der Waals surface area (Å²) in [5.41, 5.74) is 1.03. The molecule has 1 aliphatic rings. The van der Waals surface area contributed by atoms with Gasteiger partial charge in [-0.05, 0) is 30.2 Å². The van der Waals surface area contributed by atoms with E-state index in [1.54, 1.807) is 0 Å². The predicted molar refractivity (Wildman–Crippen MR) is 69.0 cm³/mol. The fraction of sp³-hybridized carbons (Fsp3) is 0.500. The van der Waals surface area contributed by atoms with Crippen LogP contribution in [0, 0.1) is 5.82 Å². The van der Waals surface area contributed by atoms with Crippen molar-refractivity contribution < 1.29 is 14.4 Å². The summed E-state index contributed by atoms with van der Waals surface area (Å²) in [5.74, 6) is -0.344. The lowest BCUT2D eigenvalue weighted by molar-refractivity contribution is 0.148. The Labute approximate surface area is 107 Å². The van der Waals surface area contributed by atoms with Crippen molar-refractivity contribution in [3.8, 4) is 0 Å². The van der Waals surface area contributed by atoms with Crippen molar-refractivity contribution >= 4 is 12.6 Å². The van der Waals surface area contributed by atoms with Crippen molar-refractivity contribution in [1.82, 2.24) is 9.80 Å². The van der Waals surface area contributed by atoms with E-state index >= 15 is 0 Å². The molecule has 1 saturated heterocycles. The highest BCUT2D eigenvalue weighted by Gasteiger charge is 2.20. The third kappa shape index (κ3) is 3.29. The molecule has 1 heterocycles. The second-order valence-corrected chi connectivity index (χ2v) is 4.80. The zero-order valence-electron chi connectivity index (χ0n) is 10.5. The van der Waals surface area contributed by atoms with Crippen molar-refractivity contribution in [3.05, 3.63) is 29.6 Å². The van der Waals surface area contributed by atoms with E-state index in [2.05, 4.69) is 16.8 Å². The lowest BCUT2D eigenvalue weighted by atomic mass is 9.77. The van der Waals surface area contributed by atoms with E-state index in [0.717, 1.165) is 26.2 Å². The summed E-state index contributed by atoms with van der Waals surface area (Å²) in [7, 11) is 0.524. The smallest absolute Gasteiger partial charge is 0.423 e. The van der Waals surface area contributed by atoms with Crippen LogP contribution < -0.4 is 5.46 Å². The van der Waals surface area contributed by atoms with Gasteiger partial charge in [-0.1, -0.05) is 6.07 Å². The van der Waals surface area contributed by atoms with Crippen molar-refractivity contribution in [2.24, 2.45) is 0 Å². The van der Waals surface area contributed by atoms with Crippen LogP contribution in [0.4, 0.5) is 4.39 Å². The van der Waals surface area contributed by atoms with Crippen LogP contribution in [0.1, 0.15) is 5.56 Å². The van der Waals surface area contributed by atoms with Crippen LogP contribution in [0.5, 0.6) is 0 Å². The fourth-order valence-electron chi connectivity index (χ4n) is 2.21. The molecule has 1 aliphatic heterocycles. The van der Waals surface area contributed by atoms with Crippen molar-refractivity contribution in [2.75, 3.05) is 33.2 Å². The molecule has 1 aromatic carbocycles. The van der Waals surface area contributed by atoms with E-state index in [1.807, 2.05) is 0 Å². The number of hydrogen-bond acceptors (Lipinski definition) is 4. The molecule has 0 saturated carbocycles. The lowest BCUT2D eigenvalue weighted by Gasteiger charge is -2.32. The number of nitrogens with zero attached hydrogens (tertiary/aromatic N) is 2. The summed E-state index contributed by atoms with van der Waals surface area (Å²) in [5, 5.41) is 18.5. The Kier molecular flexibility index (Phi) is 4.34. The zero-order valence-corrected chi connectivity index (χ0v) is 10.5. The normalized spacial score (nSPS) is 18.0. The Balaban J connectivity index is 2.10. The van der Waals surface area contributed by atoms with Crippen LogP contribution in [0.3, 0.4) is 0 Å². The number of halogens is 1. The quantitative estimate of drug-likeness (QED) is 0.695. The lowest BCUT2D eigenvalue weighted by Crippen LogP contribution is -2.45. The van der Waals surface area contributed by atoms with E-state index in [4.69, 9.17) is 0 Å². The topological polar surface area (TPSA) is 46.9 Å². The van der Waals surface area contributed by atoms with Gasteiger partial charge < -0.3 is 14.9 Å².